The normalized spacial score (nSPS) is 11.6. The summed E-state index contributed by atoms with van der Waals surface area (Å²) in [7, 11) is 3.68. The second kappa shape index (κ2) is 9.69. The van der Waals surface area contributed by atoms with Crippen molar-refractivity contribution in [3.63, 3.8) is 0 Å². The number of benzene rings is 4. The topological polar surface area (TPSA) is 32.3 Å². The van der Waals surface area contributed by atoms with E-state index in [2.05, 4.69) is 29.6 Å². The Bertz CT molecular complexity index is 1300. The highest BCUT2D eigenvalue weighted by Crippen LogP contribution is 2.31. The molecule has 0 atom stereocenters. The van der Waals surface area contributed by atoms with Gasteiger partial charge in [-0.3, -0.25) is 4.79 Å². The van der Waals surface area contributed by atoms with Crippen LogP contribution in [0.25, 0.3) is 21.9 Å². The Morgan fingerprint density at radius 1 is 0.882 bits per heavy atom. The lowest BCUT2D eigenvalue weighted by Gasteiger charge is -2.19. The predicted molar refractivity (Wildman–Crippen MR) is 129 cm³/mol. The maximum absolute atomic E-state index is 13.0. The fourth-order valence-corrected chi connectivity index (χ4v) is 4.06. The summed E-state index contributed by atoms with van der Waals surface area (Å²) in [5.74, 6) is -0.122. The number of fused-ring (bicyclic) bond motifs is 1. The molecule has 174 valence electrons. The summed E-state index contributed by atoms with van der Waals surface area (Å²) >= 11 is 0. The summed E-state index contributed by atoms with van der Waals surface area (Å²) in [5.41, 5.74) is 3.51. The number of nitrogens with one attached hydrogen (secondary N) is 1. The number of halogens is 3. The number of hydrogen-bond donors (Lipinski definition) is 1. The van der Waals surface area contributed by atoms with Crippen molar-refractivity contribution in [2.75, 3.05) is 14.1 Å². The van der Waals surface area contributed by atoms with Crippen LogP contribution in [0.4, 0.5) is 13.2 Å². The Labute approximate surface area is 196 Å². The van der Waals surface area contributed by atoms with E-state index in [0.29, 0.717) is 17.7 Å². The summed E-state index contributed by atoms with van der Waals surface area (Å²) in [6, 6.07) is 24.4. The summed E-state index contributed by atoms with van der Waals surface area (Å²) in [6.07, 6.45) is -4.36. The molecule has 0 fully saturated rings. The lowest BCUT2D eigenvalue weighted by molar-refractivity contribution is -0.137. The maximum atomic E-state index is 13.0. The Balaban J connectivity index is 1.49. The molecule has 0 bridgehead atoms. The number of carbonyl (C=O) groups is 1. The molecule has 0 spiro atoms. The van der Waals surface area contributed by atoms with Crippen LogP contribution in [0.3, 0.4) is 0 Å². The first-order valence-corrected chi connectivity index (χ1v) is 10.9. The van der Waals surface area contributed by atoms with Crippen LogP contribution < -0.4 is 5.32 Å². The van der Waals surface area contributed by atoms with Gasteiger partial charge in [0.05, 0.1) is 5.56 Å². The van der Waals surface area contributed by atoms with E-state index in [0.717, 1.165) is 40.6 Å². The molecule has 1 amide bonds. The molecule has 34 heavy (non-hydrogen) atoms. The zero-order chi connectivity index (χ0) is 24.3. The average molecular weight is 463 g/mol. The van der Waals surface area contributed by atoms with Crippen LogP contribution in [-0.2, 0) is 19.3 Å². The highest BCUT2D eigenvalue weighted by Gasteiger charge is 2.30. The minimum atomic E-state index is -4.36. The van der Waals surface area contributed by atoms with Gasteiger partial charge in [0.2, 0.25) is 0 Å². The van der Waals surface area contributed by atoms with Gasteiger partial charge in [0.25, 0.3) is 5.91 Å². The van der Waals surface area contributed by atoms with Crippen molar-refractivity contribution in [1.29, 1.82) is 0 Å². The van der Waals surface area contributed by atoms with Crippen molar-refractivity contribution >= 4 is 16.7 Å². The molecule has 0 aliphatic carbocycles. The van der Waals surface area contributed by atoms with Crippen LogP contribution in [0.1, 0.15) is 27.0 Å². The van der Waals surface area contributed by atoms with Crippen molar-refractivity contribution in [2.24, 2.45) is 0 Å². The maximum Gasteiger partial charge on any atom is 0.416 e. The second-order valence-corrected chi connectivity index (χ2v) is 8.32. The number of carbonyl (C=O) groups excluding carboxylic acids is 1. The molecule has 4 aromatic rings. The first-order valence-electron chi connectivity index (χ1n) is 10.9. The molecule has 0 aromatic heterocycles. The number of alkyl halides is 3. The average Bonchev–Trinajstić information content (AvgIpc) is 2.83. The summed E-state index contributed by atoms with van der Waals surface area (Å²) < 4.78 is 38.4. The quantitative estimate of drug-likeness (QED) is 0.354. The van der Waals surface area contributed by atoms with Gasteiger partial charge in [-0.1, -0.05) is 54.6 Å². The van der Waals surface area contributed by atoms with Gasteiger partial charge in [-0.05, 0) is 70.4 Å². The highest BCUT2D eigenvalue weighted by molar-refractivity contribution is 5.95. The molecule has 0 saturated carbocycles. The van der Waals surface area contributed by atoms with E-state index in [1.807, 2.05) is 19.2 Å². The van der Waals surface area contributed by atoms with E-state index < -0.39 is 11.7 Å². The van der Waals surface area contributed by atoms with Gasteiger partial charge in [-0.2, -0.15) is 13.2 Å². The first-order chi connectivity index (χ1) is 16.3. The zero-order valence-electron chi connectivity index (χ0n) is 19.0. The summed E-state index contributed by atoms with van der Waals surface area (Å²) in [4.78, 5) is 14.7. The Morgan fingerprint density at radius 3 is 2.15 bits per heavy atom. The summed E-state index contributed by atoms with van der Waals surface area (Å²) in [5, 5.41) is 5.40. The predicted octanol–water partition coefficient (Wildman–Crippen LogP) is 6.52. The van der Waals surface area contributed by atoms with Crippen molar-refractivity contribution in [3.8, 4) is 11.1 Å². The standard InChI is InChI=1S/C28H25F3N2O/c1-32-17-19-6-15-26-23(16-19)4-3-5-24(26)18-33(2)27(34)22-9-7-20(8-10-22)21-11-13-25(14-12-21)28(29,30)31/h3-16,32H,17-18H2,1-2H3. The van der Waals surface area contributed by atoms with E-state index in [1.54, 1.807) is 36.2 Å². The third kappa shape index (κ3) is 5.13. The molecule has 0 saturated heterocycles. The molecule has 6 heteroatoms. The summed E-state index contributed by atoms with van der Waals surface area (Å²) in [6.45, 7) is 1.25. The lowest BCUT2D eigenvalue weighted by Crippen LogP contribution is -2.26. The monoisotopic (exact) mass is 462 g/mol. The molecule has 4 rings (SSSR count). The number of hydrogen-bond acceptors (Lipinski definition) is 2. The Morgan fingerprint density at radius 2 is 1.53 bits per heavy atom. The molecule has 1 N–H and O–H groups in total. The molecular weight excluding hydrogens is 437 g/mol. The minimum Gasteiger partial charge on any atom is -0.337 e. The van der Waals surface area contributed by atoms with Crippen LogP contribution >= 0.6 is 0 Å². The van der Waals surface area contributed by atoms with Gasteiger partial charge in [0, 0.05) is 25.7 Å². The number of rotatable bonds is 6. The van der Waals surface area contributed by atoms with Crippen molar-refractivity contribution in [1.82, 2.24) is 10.2 Å². The Hall–Kier alpha value is -3.64. The Kier molecular flexibility index (Phi) is 6.70. The van der Waals surface area contributed by atoms with E-state index in [9.17, 15) is 18.0 Å². The molecular formula is C28H25F3N2O. The molecule has 3 nitrogen and oxygen atoms in total. The van der Waals surface area contributed by atoms with Crippen LogP contribution in [0.2, 0.25) is 0 Å². The van der Waals surface area contributed by atoms with E-state index in [4.69, 9.17) is 0 Å². The van der Waals surface area contributed by atoms with Gasteiger partial charge in [0.1, 0.15) is 0 Å². The van der Waals surface area contributed by atoms with Gasteiger partial charge in [0.15, 0.2) is 0 Å². The largest absolute Gasteiger partial charge is 0.416 e. The van der Waals surface area contributed by atoms with E-state index in [1.165, 1.54) is 17.7 Å². The minimum absolute atomic E-state index is 0.122. The van der Waals surface area contributed by atoms with Gasteiger partial charge >= 0.3 is 6.18 Å². The lowest BCUT2D eigenvalue weighted by atomic mass is 10.0. The first kappa shape index (κ1) is 23.5. The number of amides is 1. The molecule has 0 aliphatic heterocycles. The number of nitrogens with zero attached hydrogens (tertiary/aromatic N) is 1. The smallest absolute Gasteiger partial charge is 0.337 e. The van der Waals surface area contributed by atoms with Gasteiger partial charge in [-0.15, -0.1) is 0 Å². The van der Waals surface area contributed by atoms with Crippen molar-refractivity contribution in [2.45, 2.75) is 19.3 Å². The van der Waals surface area contributed by atoms with Gasteiger partial charge in [-0.25, -0.2) is 0 Å². The third-order valence-electron chi connectivity index (χ3n) is 5.85. The molecule has 0 aliphatic rings. The third-order valence-corrected chi connectivity index (χ3v) is 5.85. The highest BCUT2D eigenvalue weighted by atomic mass is 19.4. The van der Waals surface area contributed by atoms with Gasteiger partial charge < -0.3 is 10.2 Å². The molecule has 4 aromatic carbocycles. The van der Waals surface area contributed by atoms with E-state index in [-0.39, 0.29) is 5.91 Å². The fourth-order valence-electron chi connectivity index (χ4n) is 4.06. The van der Waals surface area contributed by atoms with Crippen LogP contribution in [0.15, 0.2) is 84.9 Å². The molecule has 0 radical (unpaired) electrons. The van der Waals surface area contributed by atoms with E-state index >= 15 is 0 Å². The molecule has 0 unspecified atom stereocenters. The fraction of sp³-hybridized carbons (Fsp3) is 0.179. The van der Waals surface area contributed by atoms with Crippen LogP contribution in [0.5, 0.6) is 0 Å². The van der Waals surface area contributed by atoms with Crippen molar-refractivity contribution in [3.05, 3.63) is 107 Å². The van der Waals surface area contributed by atoms with Crippen molar-refractivity contribution < 1.29 is 18.0 Å². The van der Waals surface area contributed by atoms with Crippen LogP contribution in [-0.4, -0.2) is 24.9 Å². The second-order valence-electron chi connectivity index (χ2n) is 8.32. The van der Waals surface area contributed by atoms with Crippen LogP contribution in [0, 0.1) is 0 Å². The molecule has 0 heterocycles. The SMILES string of the molecule is CNCc1ccc2c(CN(C)C(=O)c3ccc(-c4ccc(C(F)(F)F)cc4)cc3)cccc2c1. The zero-order valence-corrected chi connectivity index (χ0v) is 19.0.